The summed E-state index contributed by atoms with van der Waals surface area (Å²) in [5.74, 6) is -0.0738. The highest BCUT2D eigenvalue weighted by Crippen LogP contribution is 2.17. The number of aliphatic hydroxyl groups is 1. The molecule has 0 spiro atoms. The van der Waals surface area contributed by atoms with Crippen molar-refractivity contribution in [1.82, 2.24) is 15.5 Å². The van der Waals surface area contributed by atoms with Crippen molar-refractivity contribution in [2.75, 3.05) is 13.2 Å². The largest absolute Gasteiger partial charge is 0.395 e. The van der Waals surface area contributed by atoms with Crippen molar-refractivity contribution in [1.29, 1.82) is 0 Å². The van der Waals surface area contributed by atoms with E-state index < -0.39 is 0 Å². The summed E-state index contributed by atoms with van der Waals surface area (Å²) in [5, 5.41) is 14.6. The third kappa shape index (κ3) is 6.09. The van der Waals surface area contributed by atoms with Crippen molar-refractivity contribution in [3.63, 3.8) is 0 Å². The van der Waals surface area contributed by atoms with Gasteiger partial charge in [0.25, 0.3) is 5.91 Å². The zero-order chi connectivity index (χ0) is 18.1. The predicted octanol–water partition coefficient (Wildman–Crippen LogP) is 3.05. The molecule has 0 radical (unpaired) electrons. The van der Waals surface area contributed by atoms with E-state index >= 15 is 0 Å². The minimum Gasteiger partial charge on any atom is -0.395 e. The van der Waals surface area contributed by atoms with Crippen LogP contribution in [0.25, 0.3) is 11.4 Å². The van der Waals surface area contributed by atoms with Crippen LogP contribution in [0.3, 0.4) is 0 Å². The molecule has 0 bridgehead atoms. The minimum atomic E-state index is -0.376. The fraction of sp³-hybridized carbons (Fsp3) is 0.118. The van der Waals surface area contributed by atoms with Gasteiger partial charge in [-0.05, 0) is 48.5 Å². The molecule has 0 saturated heterocycles. The molecule has 2 N–H and O–H groups in total. The molecule has 0 atom stereocenters. The highest BCUT2D eigenvalue weighted by molar-refractivity contribution is 9.10. The van der Waals surface area contributed by atoms with Gasteiger partial charge in [-0.15, -0.1) is 0 Å². The Morgan fingerprint density at radius 2 is 1.84 bits per heavy atom. The fourth-order valence-electron chi connectivity index (χ4n) is 1.77. The zero-order valence-electron chi connectivity index (χ0n) is 13.0. The van der Waals surface area contributed by atoms with Crippen molar-refractivity contribution in [3.8, 4) is 11.4 Å². The number of aliphatic hydroxyl groups excluding tert-OH is 1. The quantitative estimate of drug-likeness (QED) is 0.693. The van der Waals surface area contributed by atoms with E-state index in [2.05, 4.69) is 35.9 Å². The van der Waals surface area contributed by atoms with Gasteiger partial charge in [0.15, 0.2) is 0 Å². The lowest BCUT2D eigenvalue weighted by atomic mass is 10.2. The summed E-state index contributed by atoms with van der Waals surface area (Å²) in [5.41, 5.74) is 1.34. The number of amides is 1. The molecule has 1 aromatic heterocycles. The molecule has 0 unspecified atom stereocenters. The van der Waals surface area contributed by atoms with Gasteiger partial charge in [0.05, 0.1) is 6.61 Å². The Balaban J connectivity index is 0.000000181. The van der Waals surface area contributed by atoms with Crippen LogP contribution < -0.4 is 5.32 Å². The van der Waals surface area contributed by atoms with Gasteiger partial charge in [-0.2, -0.15) is 4.98 Å². The Morgan fingerprint density at radius 3 is 2.40 bits per heavy atom. The molecule has 0 aliphatic heterocycles. The van der Waals surface area contributed by atoms with Crippen LogP contribution in [0.4, 0.5) is 4.39 Å². The van der Waals surface area contributed by atoms with Crippen LogP contribution in [0.1, 0.15) is 10.4 Å². The molecule has 1 amide bonds. The number of hydrogen-bond donors (Lipinski definition) is 2. The highest BCUT2D eigenvalue weighted by atomic mass is 79.9. The molecule has 3 rings (SSSR count). The minimum absolute atomic E-state index is 0.104. The number of nitrogens with one attached hydrogen (secondary N) is 1. The van der Waals surface area contributed by atoms with Crippen LogP contribution in [0.15, 0.2) is 63.9 Å². The molecule has 0 aliphatic rings. The van der Waals surface area contributed by atoms with Crippen LogP contribution in [0, 0.1) is 5.82 Å². The number of carbonyl (C=O) groups is 1. The van der Waals surface area contributed by atoms with Gasteiger partial charge in [0, 0.05) is 22.1 Å². The summed E-state index contributed by atoms with van der Waals surface area (Å²) in [6, 6.07) is 12.9. The van der Waals surface area contributed by atoms with Crippen molar-refractivity contribution in [2.45, 2.75) is 0 Å². The maximum Gasteiger partial charge on any atom is 0.251 e. The maximum atomic E-state index is 12.4. The van der Waals surface area contributed by atoms with Crippen LogP contribution in [-0.4, -0.2) is 34.3 Å². The molecule has 8 heteroatoms. The van der Waals surface area contributed by atoms with E-state index in [4.69, 9.17) is 5.11 Å². The molecule has 1 heterocycles. The van der Waals surface area contributed by atoms with Gasteiger partial charge in [-0.25, -0.2) is 4.39 Å². The number of benzene rings is 2. The molecule has 25 heavy (non-hydrogen) atoms. The van der Waals surface area contributed by atoms with Gasteiger partial charge in [0.2, 0.25) is 12.2 Å². The second-order valence-corrected chi connectivity index (χ2v) is 5.66. The number of carbonyl (C=O) groups excluding carboxylic acids is 1. The van der Waals surface area contributed by atoms with Crippen molar-refractivity contribution in [2.24, 2.45) is 0 Å². The third-order valence-corrected chi connectivity index (χ3v) is 3.50. The Bertz CT molecular complexity index is 778. The van der Waals surface area contributed by atoms with E-state index in [1.54, 1.807) is 0 Å². The van der Waals surface area contributed by atoms with E-state index in [0.717, 1.165) is 10.0 Å². The smallest absolute Gasteiger partial charge is 0.251 e. The average Bonchev–Trinajstić information content (AvgIpc) is 3.16. The fourth-order valence-corrected chi connectivity index (χ4v) is 2.03. The monoisotopic (exact) mass is 407 g/mol. The highest BCUT2D eigenvalue weighted by Gasteiger charge is 2.03. The van der Waals surface area contributed by atoms with Crippen molar-refractivity contribution < 1.29 is 18.8 Å². The standard InChI is InChI=1S/C9H10FNO2.C8H5BrN2O/c10-8-3-1-7(2-4-8)9(13)11-5-6-12;9-7-3-1-6(2-4-7)8-10-5-12-11-8/h1-4,12H,5-6H2,(H,11,13);1-5H. The second-order valence-electron chi connectivity index (χ2n) is 4.75. The number of aromatic nitrogens is 2. The lowest BCUT2D eigenvalue weighted by Crippen LogP contribution is -2.26. The third-order valence-electron chi connectivity index (χ3n) is 2.97. The lowest BCUT2D eigenvalue weighted by Gasteiger charge is -2.01. The summed E-state index contributed by atoms with van der Waals surface area (Å²) in [6.07, 6.45) is 1.32. The SMILES string of the molecule is Brc1ccc(-c2ncon2)cc1.O=C(NCCO)c1ccc(F)cc1. The van der Waals surface area contributed by atoms with Crippen LogP contribution in [0.2, 0.25) is 0 Å². The summed E-state index contributed by atoms with van der Waals surface area (Å²) in [4.78, 5) is 15.1. The summed E-state index contributed by atoms with van der Waals surface area (Å²) < 4.78 is 18.1. The lowest BCUT2D eigenvalue weighted by molar-refractivity contribution is 0.0944. The second kappa shape index (κ2) is 9.65. The van der Waals surface area contributed by atoms with Crippen molar-refractivity contribution in [3.05, 3.63) is 70.8 Å². The predicted molar refractivity (Wildman–Crippen MR) is 93.3 cm³/mol. The topological polar surface area (TPSA) is 88.2 Å². The van der Waals surface area contributed by atoms with Crippen LogP contribution in [-0.2, 0) is 0 Å². The first-order valence-corrected chi connectivity index (χ1v) is 8.06. The Hall–Kier alpha value is -2.58. The van der Waals surface area contributed by atoms with E-state index in [1.165, 1.54) is 30.7 Å². The molecule has 0 fully saturated rings. The molecular weight excluding hydrogens is 393 g/mol. The van der Waals surface area contributed by atoms with Gasteiger partial charge in [-0.1, -0.05) is 21.1 Å². The molecular formula is C17H15BrFN3O3. The summed E-state index contributed by atoms with van der Waals surface area (Å²) in [6.45, 7) is 0.100. The molecule has 130 valence electrons. The van der Waals surface area contributed by atoms with Gasteiger partial charge in [0.1, 0.15) is 5.82 Å². The van der Waals surface area contributed by atoms with Crippen LogP contribution in [0.5, 0.6) is 0 Å². The van der Waals surface area contributed by atoms with Crippen molar-refractivity contribution >= 4 is 21.8 Å². The number of nitrogens with zero attached hydrogens (tertiary/aromatic N) is 2. The van der Waals surface area contributed by atoms with E-state index in [0.29, 0.717) is 11.4 Å². The van der Waals surface area contributed by atoms with E-state index in [1.807, 2.05) is 24.3 Å². The normalized spacial score (nSPS) is 9.88. The molecule has 0 saturated carbocycles. The molecule has 3 aromatic rings. The Morgan fingerprint density at radius 1 is 1.16 bits per heavy atom. The average molecular weight is 408 g/mol. The number of rotatable bonds is 4. The first-order valence-electron chi connectivity index (χ1n) is 7.27. The first kappa shape index (κ1) is 18.8. The Labute approximate surface area is 151 Å². The number of halogens is 2. The molecule has 2 aromatic carbocycles. The van der Waals surface area contributed by atoms with Gasteiger partial charge >= 0.3 is 0 Å². The van der Waals surface area contributed by atoms with Gasteiger partial charge < -0.3 is 14.9 Å². The summed E-state index contributed by atoms with van der Waals surface area (Å²) >= 11 is 3.34. The first-order chi connectivity index (χ1) is 12.1. The Kier molecular flexibility index (Phi) is 7.24. The van der Waals surface area contributed by atoms with E-state index in [9.17, 15) is 9.18 Å². The molecule has 0 aliphatic carbocycles. The van der Waals surface area contributed by atoms with Crippen LogP contribution >= 0.6 is 15.9 Å². The number of hydrogen-bond acceptors (Lipinski definition) is 5. The zero-order valence-corrected chi connectivity index (χ0v) is 14.6. The maximum absolute atomic E-state index is 12.4. The van der Waals surface area contributed by atoms with E-state index in [-0.39, 0.29) is 24.9 Å². The van der Waals surface area contributed by atoms with Gasteiger partial charge in [-0.3, -0.25) is 4.79 Å². The molecule has 6 nitrogen and oxygen atoms in total. The summed E-state index contributed by atoms with van der Waals surface area (Å²) in [7, 11) is 0.